The molecule has 204 valence electrons. The van der Waals surface area contributed by atoms with Crippen molar-refractivity contribution >= 4 is 28.7 Å². The Labute approximate surface area is 235 Å². The molecule has 1 aromatic heterocycles. The first-order valence-electron chi connectivity index (χ1n) is 13.5. The van der Waals surface area contributed by atoms with E-state index < -0.39 is 5.97 Å². The molecular formula is C32H37N3O3S. The van der Waals surface area contributed by atoms with Crippen molar-refractivity contribution in [2.24, 2.45) is 0 Å². The maximum absolute atomic E-state index is 12.3. The van der Waals surface area contributed by atoms with Gasteiger partial charge in [0.1, 0.15) is 10.8 Å². The van der Waals surface area contributed by atoms with Crippen LogP contribution in [0.25, 0.3) is 32.3 Å². The van der Waals surface area contributed by atoms with E-state index in [1.165, 1.54) is 11.3 Å². The van der Waals surface area contributed by atoms with Crippen LogP contribution in [0, 0.1) is 13.8 Å². The fourth-order valence-corrected chi connectivity index (χ4v) is 6.19. The van der Waals surface area contributed by atoms with Crippen LogP contribution in [0.15, 0.2) is 54.6 Å². The fourth-order valence-electron chi connectivity index (χ4n) is 5.08. The molecule has 0 saturated carbocycles. The normalized spacial score (nSPS) is 11.0. The van der Waals surface area contributed by atoms with E-state index in [0.29, 0.717) is 21.7 Å². The van der Waals surface area contributed by atoms with E-state index in [1.54, 1.807) is 19.9 Å². The molecule has 0 atom stereocenters. The topological polar surface area (TPSA) is 76.9 Å². The summed E-state index contributed by atoms with van der Waals surface area (Å²) in [5, 5.41) is 21.1. The first-order chi connectivity index (χ1) is 18.7. The van der Waals surface area contributed by atoms with Gasteiger partial charge in [-0.05, 0) is 83.0 Å². The Morgan fingerprint density at radius 1 is 0.821 bits per heavy atom. The van der Waals surface area contributed by atoms with Crippen molar-refractivity contribution in [1.29, 1.82) is 0 Å². The van der Waals surface area contributed by atoms with Crippen LogP contribution >= 0.6 is 11.3 Å². The summed E-state index contributed by atoms with van der Waals surface area (Å²) in [6.07, 6.45) is 0. The lowest BCUT2D eigenvalue weighted by atomic mass is 9.97. The van der Waals surface area contributed by atoms with Crippen molar-refractivity contribution in [3.05, 3.63) is 71.3 Å². The summed E-state index contributed by atoms with van der Waals surface area (Å²) in [6, 6.07) is 18.6. The van der Waals surface area contributed by atoms with E-state index in [1.807, 2.05) is 0 Å². The fraction of sp³-hybridized carbons (Fsp3) is 0.312. The largest absolute Gasteiger partial charge is 0.507 e. The van der Waals surface area contributed by atoms with Gasteiger partial charge in [-0.15, -0.1) is 11.3 Å². The van der Waals surface area contributed by atoms with Gasteiger partial charge in [-0.2, -0.15) is 0 Å². The lowest BCUT2D eigenvalue weighted by Gasteiger charge is -2.21. The van der Waals surface area contributed by atoms with Crippen molar-refractivity contribution in [1.82, 2.24) is 4.98 Å². The van der Waals surface area contributed by atoms with Crippen LogP contribution < -0.4 is 9.80 Å². The number of aromatic hydroxyl groups is 1. The average Bonchev–Trinajstić information content (AvgIpc) is 3.39. The molecule has 0 aliphatic heterocycles. The smallest absolute Gasteiger partial charge is 0.336 e. The predicted molar refractivity (Wildman–Crippen MR) is 164 cm³/mol. The van der Waals surface area contributed by atoms with E-state index in [9.17, 15) is 15.0 Å². The van der Waals surface area contributed by atoms with Gasteiger partial charge < -0.3 is 20.0 Å². The van der Waals surface area contributed by atoms with Crippen LogP contribution in [0.5, 0.6) is 5.75 Å². The number of rotatable bonds is 10. The molecule has 0 amide bonds. The molecule has 2 N–H and O–H groups in total. The first-order valence-corrected chi connectivity index (χ1v) is 14.3. The van der Waals surface area contributed by atoms with Gasteiger partial charge in [0, 0.05) is 54.2 Å². The third kappa shape index (κ3) is 5.50. The lowest BCUT2D eigenvalue weighted by Crippen LogP contribution is -2.21. The molecule has 0 aliphatic rings. The summed E-state index contributed by atoms with van der Waals surface area (Å²) in [5.74, 6) is -1.07. The number of phenols is 1. The summed E-state index contributed by atoms with van der Waals surface area (Å²) in [6.45, 7) is 15.7. The molecule has 0 bridgehead atoms. The third-order valence-electron chi connectivity index (χ3n) is 7.33. The van der Waals surface area contributed by atoms with Gasteiger partial charge in [0.25, 0.3) is 0 Å². The van der Waals surface area contributed by atoms with Crippen LogP contribution in [-0.2, 0) is 0 Å². The average molecular weight is 544 g/mol. The number of nitrogens with zero attached hydrogens (tertiary/aromatic N) is 3. The number of carboxylic acid groups (broad SMARTS) is 1. The number of thiazole rings is 1. The van der Waals surface area contributed by atoms with Crippen LogP contribution in [0.2, 0.25) is 0 Å². The number of hydrogen-bond acceptors (Lipinski definition) is 6. The molecule has 0 radical (unpaired) electrons. The van der Waals surface area contributed by atoms with E-state index in [4.69, 9.17) is 4.98 Å². The van der Waals surface area contributed by atoms with Gasteiger partial charge in [0.2, 0.25) is 0 Å². The quantitative estimate of drug-likeness (QED) is 0.212. The molecule has 39 heavy (non-hydrogen) atoms. The molecule has 6 nitrogen and oxygen atoms in total. The standard InChI is InChI=1S/C32H37N3O3S/c1-7-34(8-2)24-15-11-22(12-16-24)28-30(23-13-17-25(18-14-23)35(9-3)10-4)39-31(33-28)26-19-20(5)29(36)21(6)27(26)32(37)38/h11-19,36H,7-10H2,1-6H3,(H,37,38). The number of aryl methyl sites for hydroxylation is 1. The Bertz CT molecular complexity index is 1380. The number of aromatic carboxylic acids is 1. The Kier molecular flexibility index (Phi) is 8.60. The van der Waals surface area contributed by atoms with Crippen molar-refractivity contribution in [2.45, 2.75) is 41.5 Å². The second kappa shape index (κ2) is 11.9. The third-order valence-corrected chi connectivity index (χ3v) is 8.47. The van der Waals surface area contributed by atoms with Gasteiger partial charge in [0.15, 0.2) is 0 Å². The van der Waals surface area contributed by atoms with Crippen LogP contribution in [0.1, 0.15) is 49.2 Å². The monoisotopic (exact) mass is 543 g/mol. The predicted octanol–water partition coefficient (Wildman–Crippen LogP) is 7.86. The molecule has 0 aliphatic carbocycles. The van der Waals surface area contributed by atoms with Crippen molar-refractivity contribution in [3.8, 4) is 38.0 Å². The van der Waals surface area contributed by atoms with Crippen molar-refractivity contribution < 1.29 is 15.0 Å². The Morgan fingerprint density at radius 3 is 1.77 bits per heavy atom. The summed E-state index contributed by atoms with van der Waals surface area (Å²) in [5.41, 5.74) is 6.71. The second-order valence-corrected chi connectivity index (χ2v) is 10.5. The number of carbonyl (C=O) groups is 1. The van der Waals surface area contributed by atoms with Crippen molar-refractivity contribution in [2.75, 3.05) is 36.0 Å². The van der Waals surface area contributed by atoms with E-state index in [0.717, 1.165) is 59.3 Å². The molecule has 4 aromatic rings. The highest BCUT2D eigenvalue weighted by Gasteiger charge is 2.24. The number of aromatic nitrogens is 1. The first kappa shape index (κ1) is 28.2. The summed E-state index contributed by atoms with van der Waals surface area (Å²) >= 11 is 1.48. The van der Waals surface area contributed by atoms with Crippen molar-refractivity contribution in [3.63, 3.8) is 0 Å². The minimum Gasteiger partial charge on any atom is -0.507 e. The van der Waals surface area contributed by atoms with Gasteiger partial charge in [-0.1, -0.05) is 24.3 Å². The summed E-state index contributed by atoms with van der Waals surface area (Å²) in [4.78, 5) is 22.9. The Balaban J connectivity index is 1.91. The zero-order valence-electron chi connectivity index (χ0n) is 23.6. The highest BCUT2D eigenvalue weighted by molar-refractivity contribution is 7.19. The molecule has 0 spiro atoms. The Hall–Kier alpha value is -3.84. The number of phenolic OH excluding ortho intramolecular Hbond substituents is 1. The van der Waals surface area contributed by atoms with E-state index >= 15 is 0 Å². The number of hydrogen-bond donors (Lipinski definition) is 2. The Morgan fingerprint density at radius 2 is 1.31 bits per heavy atom. The molecule has 4 rings (SSSR count). The molecule has 3 aromatic carbocycles. The molecule has 0 fully saturated rings. The maximum atomic E-state index is 12.3. The van der Waals surface area contributed by atoms with E-state index in [-0.39, 0.29) is 11.3 Å². The van der Waals surface area contributed by atoms with Crippen LogP contribution in [0.3, 0.4) is 0 Å². The van der Waals surface area contributed by atoms with E-state index in [2.05, 4.69) is 86.0 Å². The van der Waals surface area contributed by atoms with Crippen LogP contribution in [-0.4, -0.2) is 47.3 Å². The summed E-state index contributed by atoms with van der Waals surface area (Å²) < 4.78 is 0. The maximum Gasteiger partial charge on any atom is 0.336 e. The second-order valence-electron chi connectivity index (χ2n) is 9.53. The van der Waals surface area contributed by atoms with Gasteiger partial charge >= 0.3 is 5.97 Å². The highest BCUT2D eigenvalue weighted by atomic mass is 32.1. The number of benzene rings is 3. The minimum absolute atomic E-state index is 0.00661. The lowest BCUT2D eigenvalue weighted by molar-refractivity contribution is 0.0696. The van der Waals surface area contributed by atoms with Crippen LogP contribution in [0.4, 0.5) is 11.4 Å². The molecular weight excluding hydrogens is 506 g/mol. The number of anilines is 2. The SMILES string of the molecule is CCN(CC)c1ccc(-c2nc(-c3cc(C)c(O)c(C)c3C(=O)O)sc2-c2ccc(N(CC)CC)cc2)cc1. The molecule has 7 heteroatoms. The molecule has 1 heterocycles. The molecule has 0 unspecified atom stereocenters. The van der Waals surface area contributed by atoms with Gasteiger partial charge in [-0.25, -0.2) is 9.78 Å². The zero-order chi connectivity index (χ0) is 28.3. The zero-order valence-corrected chi connectivity index (χ0v) is 24.4. The number of carboxylic acids is 1. The summed E-state index contributed by atoms with van der Waals surface area (Å²) in [7, 11) is 0. The van der Waals surface area contributed by atoms with Gasteiger partial charge in [-0.3, -0.25) is 0 Å². The molecule has 0 saturated heterocycles. The van der Waals surface area contributed by atoms with Gasteiger partial charge in [0.05, 0.1) is 16.1 Å². The minimum atomic E-state index is -1.08. The highest BCUT2D eigenvalue weighted by Crippen LogP contribution is 2.44.